The zero-order valence-corrected chi connectivity index (χ0v) is 9.15. The molecule has 0 atom stereocenters. The summed E-state index contributed by atoms with van der Waals surface area (Å²) in [6.45, 7) is 0. The predicted molar refractivity (Wildman–Crippen MR) is 54.3 cm³/mol. The van der Waals surface area contributed by atoms with Gasteiger partial charge in [-0.15, -0.1) is 0 Å². The Kier molecular flexibility index (Phi) is 3.38. The number of aromatic nitrogens is 1. The molecule has 15 heavy (non-hydrogen) atoms. The molecule has 1 N–H and O–H groups in total. The van der Waals surface area contributed by atoms with Crippen LogP contribution in [0.2, 0.25) is 0 Å². The van der Waals surface area contributed by atoms with E-state index in [9.17, 15) is 13.2 Å². The van der Waals surface area contributed by atoms with Gasteiger partial charge < -0.3 is 0 Å². The van der Waals surface area contributed by atoms with Crippen LogP contribution in [0.4, 0.5) is 0 Å². The van der Waals surface area contributed by atoms with Crippen LogP contribution in [0.1, 0.15) is 10.4 Å². The third kappa shape index (κ3) is 3.00. The standard InChI is InChI=1S/C8H11N3O3S/c1-11(2)15(13,14)10-8(12)7-4-3-5-9-6-7/h3-6H,1-2H3,(H,10,12). The lowest BCUT2D eigenvalue weighted by atomic mass is 10.3. The Morgan fingerprint density at radius 1 is 1.47 bits per heavy atom. The molecule has 6 nitrogen and oxygen atoms in total. The summed E-state index contributed by atoms with van der Waals surface area (Å²) < 4.78 is 25.4. The Bertz CT molecular complexity index is 441. The van der Waals surface area contributed by atoms with Gasteiger partial charge in [0.2, 0.25) is 0 Å². The molecule has 0 radical (unpaired) electrons. The number of pyridine rings is 1. The highest BCUT2D eigenvalue weighted by Gasteiger charge is 2.17. The van der Waals surface area contributed by atoms with E-state index in [2.05, 4.69) is 4.98 Å². The first-order chi connectivity index (χ1) is 6.93. The molecule has 1 rings (SSSR count). The minimum absolute atomic E-state index is 0.197. The molecule has 0 fully saturated rings. The monoisotopic (exact) mass is 229 g/mol. The van der Waals surface area contributed by atoms with E-state index in [1.54, 1.807) is 6.07 Å². The van der Waals surface area contributed by atoms with E-state index < -0.39 is 16.1 Å². The molecule has 0 saturated carbocycles. The zero-order valence-electron chi connectivity index (χ0n) is 8.34. The molecule has 7 heteroatoms. The van der Waals surface area contributed by atoms with Crippen molar-refractivity contribution in [2.45, 2.75) is 0 Å². The lowest BCUT2D eigenvalue weighted by Gasteiger charge is -2.11. The van der Waals surface area contributed by atoms with E-state index >= 15 is 0 Å². The van der Waals surface area contributed by atoms with Gasteiger partial charge in [-0.1, -0.05) is 0 Å². The van der Waals surface area contributed by atoms with E-state index in [-0.39, 0.29) is 5.56 Å². The van der Waals surface area contributed by atoms with Crippen molar-refractivity contribution >= 4 is 16.1 Å². The van der Waals surface area contributed by atoms with Crippen LogP contribution in [0.3, 0.4) is 0 Å². The molecule has 82 valence electrons. The van der Waals surface area contributed by atoms with Gasteiger partial charge in [-0.05, 0) is 12.1 Å². The number of carbonyl (C=O) groups excluding carboxylic acids is 1. The highest BCUT2D eigenvalue weighted by molar-refractivity contribution is 7.87. The fraction of sp³-hybridized carbons (Fsp3) is 0.250. The minimum atomic E-state index is -3.74. The van der Waals surface area contributed by atoms with Gasteiger partial charge in [0, 0.05) is 26.5 Å². The zero-order chi connectivity index (χ0) is 11.5. The number of amides is 1. The Labute approximate surface area is 88.1 Å². The molecule has 0 bridgehead atoms. The summed E-state index contributed by atoms with van der Waals surface area (Å²) in [6.07, 6.45) is 2.79. The highest BCUT2D eigenvalue weighted by atomic mass is 32.2. The van der Waals surface area contributed by atoms with E-state index in [4.69, 9.17) is 0 Å². The molecule has 0 spiro atoms. The van der Waals surface area contributed by atoms with Crippen molar-refractivity contribution < 1.29 is 13.2 Å². The Morgan fingerprint density at radius 3 is 2.60 bits per heavy atom. The van der Waals surface area contributed by atoms with Crippen LogP contribution < -0.4 is 4.72 Å². The van der Waals surface area contributed by atoms with E-state index in [0.717, 1.165) is 4.31 Å². The van der Waals surface area contributed by atoms with Crippen LogP contribution in [0.5, 0.6) is 0 Å². The highest BCUT2D eigenvalue weighted by Crippen LogP contribution is 1.97. The maximum atomic E-state index is 11.4. The smallest absolute Gasteiger partial charge is 0.268 e. The fourth-order valence-electron chi connectivity index (χ4n) is 0.764. The van der Waals surface area contributed by atoms with Gasteiger partial charge in [0.25, 0.3) is 5.91 Å². The van der Waals surface area contributed by atoms with Crippen molar-refractivity contribution in [1.82, 2.24) is 14.0 Å². The van der Waals surface area contributed by atoms with Crippen LogP contribution in [0.15, 0.2) is 24.5 Å². The largest absolute Gasteiger partial charge is 0.303 e. The molecule has 0 aliphatic carbocycles. The van der Waals surface area contributed by atoms with Crippen molar-refractivity contribution in [3.63, 3.8) is 0 Å². The predicted octanol–water partition coefficient (Wildman–Crippen LogP) is -0.382. The summed E-state index contributed by atoms with van der Waals surface area (Å²) in [4.78, 5) is 15.1. The van der Waals surface area contributed by atoms with Crippen molar-refractivity contribution in [1.29, 1.82) is 0 Å². The fourth-order valence-corrected chi connectivity index (χ4v) is 1.30. The van der Waals surface area contributed by atoms with Crippen molar-refractivity contribution in [3.8, 4) is 0 Å². The topological polar surface area (TPSA) is 79.4 Å². The maximum Gasteiger partial charge on any atom is 0.303 e. The SMILES string of the molecule is CN(C)S(=O)(=O)NC(=O)c1cccnc1. The summed E-state index contributed by atoms with van der Waals surface area (Å²) in [5.74, 6) is -0.697. The molecule has 0 saturated heterocycles. The van der Waals surface area contributed by atoms with Crippen molar-refractivity contribution in [2.75, 3.05) is 14.1 Å². The third-order valence-corrected chi connectivity index (χ3v) is 3.03. The molecule has 1 aromatic heterocycles. The summed E-state index contributed by atoms with van der Waals surface area (Å²) in [5, 5.41) is 0. The molecule has 1 amide bonds. The number of nitrogens with one attached hydrogen (secondary N) is 1. The molecule has 0 aromatic carbocycles. The molecule has 0 unspecified atom stereocenters. The Morgan fingerprint density at radius 2 is 2.13 bits per heavy atom. The summed E-state index contributed by atoms with van der Waals surface area (Å²) in [6, 6.07) is 3.03. The second kappa shape index (κ2) is 4.37. The Balaban J connectivity index is 2.82. The summed E-state index contributed by atoms with van der Waals surface area (Å²) >= 11 is 0. The van der Waals surface area contributed by atoms with Crippen LogP contribution in [-0.2, 0) is 10.2 Å². The van der Waals surface area contributed by atoms with Gasteiger partial charge in [-0.2, -0.15) is 12.7 Å². The average Bonchev–Trinajstić information content (AvgIpc) is 2.18. The lowest BCUT2D eigenvalue weighted by Crippen LogP contribution is -2.39. The number of nitrogens with zero attached hydrogens (tertiary/aromatic N) is 2. The lowest BCUT2D eigenvalue weighted by molar-refractivity contribution is 0.0979. The summed E-state index contributed by atoms with van der Waals surface area (Å²) in [5.41, 5.74) is 0.197. The van der Waals surface area contributed by atoms with Crippen molar-refractivity contribution in [3.05, 3.63) is 30.1 Å². The first kappa shape index (κ1) is 11.6. The third-order valence-electron chi connectivity index (χ3n) is 1.63. The van der Waals surface area contributed by atoms with Gasteiger partial charge in [0.15, 0.2) is 0 Å². The molecule has 0 aliphatic rings. The van der Waals surface area contributed by atoms with Gasteiger partial charge in [-0.25, -0.2) is 4.72 Å². The van der Waals surface area contributed by atoms with Gasteiger partial charge in [-0.3, -0.25) is 9.78 Å². The van der Waals surface area contributed by atoms with Crippen LogP contribution >= 0.6 is 0 Å². The summed E-state index contributed by atoms with van der Waals surface area (Å²) in [7, 11) is -1.08. The minimum Gasteiger partial charge on any atom is -0.268 e. The van der Waals surface area contributed by atoms with E-state index in [0.29, 0.717) is 0 Å². The molecule has 1 aromatic rings. The van der Waals surface area contributed by atoms with Crippen LogP contribution in [-0.4, -0.2) is 37.7 Å². The number of rotatable bonds is 3. The molecule has 1 heterocycles. The molecular weight excluding hydrogens is 218 g/mol. The number of hydrogen-bond donors (Lipinski definition) is 1. The second-order valence-corrected chi connectivity index (χ2v) is 4.84. The van der Waals surface area contributed by atoms with Gasteiger partial charge in [0.1, 0.15) is 0 Å². The first-order valence-electron chi connectivity index (χ1n) is 4.08. The van der Waals surface area contributed by atoms with E-state index in [1.165, 1.54) is 32.6 Å². The quantitative estimate of drug-likeness (QED) is 0.766. The molecular formula is C8H11N3O3S. The average molecular weight is 229 g/mol. The Hall–Kier alpha value is -1.47. The van der Waals surface area contributed by atoms with Gasteiger partial charge in [0.05, 0.1) is 5.56 Å². The van der Waals surface area contributed by atoms with E-state index in [1.807, 2.05) is 4.72 Å². The van der Waals surface area contributed by atoms with Crippen molar-refractivity contribution in [2.24, 2.45) is 0 Å². The maximum absolute atomic E-state index is 11.4. The second-order valence-electron chi connectivity index (χ2n) is 2.96. The van der Waals surface area contributed by atoms with Gasteiger partial charge >= 0.3 is 10.2 Å². The first-order valence-corrected chi connectivity index (χ1v) is 5.52. The number of hydrogen-bond acceptors (Lipinski definition) is 4. The molecule has 0 aliphatic heterocycles. The van der Waals surface area contributed by atoms with Crippen LogP contribution in [0.25, 0.3) is 0 Å². The normalized spacial score (nSPS) is 11.4. The number of carbonyl (C=O) groups is 1. The van der Waals surface area contributed by atoms with Crippen LogP contribution in [0, 0.1) is 0 Å².